The molecule has 2 aromatic heterocycles. The fourth-order valence-electron chi connectivity index (χ4n) is 3.99. The molecule has 0 spiro atoms. The van der Waals surface area contributed by atoms with Crippen LogP contribution in [0.3, 0.4) is 0 Å². The maximum atomic E-state index is 13.6. The third-order valence-corrected chi connectivity index (χ3v) is 5.56. The van der Waals surface area contributed by atoms with Crippen LogP contribution >= 0.6 is 0 Å². The summed E-state index contributed by atoms with van der Waals surface area (Å²) in [6.45, 7) is 3.70. The van der Waals surface area contributed by atoms with Crippen LogP contribution in [0.25, 0.3) is 11.0 Å². The molecule has 1 atom stereocenters. The number of rotatable bonds is 8. The largest absolute Gasteiger partial charge is 0.477 e. The maximum Gasteiger partial charge on any atom is 0.437 e. The van der Waals surface area contributed by atoms with Crippen molar-refractivity contribution in [1.82, 2.24) is 25.8 Å². The Morgan fingerprint density at radius 3 is 2.22 bits per heavy atom. The van der Waals surface area contributed by atoms with E-state index in [0.29, 0.717) is 42.4 Å². The molecule has 4 aromatic rings. The molecule has 0 aliphatic rings. The zero-order valence-corrected chi connectivity index (χ0v) is 19.2. The zero-order chi connectivity index (χ0) is 26.1. The van der Waals surface area contributed by atoms with Gasteiger partial charge in [-0.05, 0) is 47.0 Å². The maximum absolute atomic E-state index is 13.6. The number of hydrogen-bond acceptors (Lipinski definition) is 6. The fraction of sp³-hybridized carbons (Fsp3) is 0.391. The number of aryl methyl sites for hydroxylation is 2. The fourth-order valence-corrected chi connectivity index (χ4v) is 3.99. The van der Waals surface area contributed by atoms with Crippen LogP contribution in [0, 0.1) is 0 Å². The first kappa shape index (κ1) is 25.5. The number of H-pyrrole nitrogens is 1. The van der Waals surface area contributed by atoms with E-state index >= 15 is 0 Å². The predicted molar refractivity (Wildman–Crippen MR) is 115 cm³/mol. The van der Waals surface area contributed by atoms with Gasteiger partial charge in [0.2, 0.25) is 0 Å². The van der Waals surface area contributed by atoms with E-state index in [1.807, 2.05) is 13.8 Å². The molecule has 1 N–H and O–H groups in total. The topological polar surface area (TPSA) is 89.7 Å². The first-order valence-corrected chi connectivity index (χ1v) is 11.1. The third-order valence-electron chi connectivity index (χ3n) is 5.56. The molecule has 0 radical (unpaired) electrons. The minimum atomic E-state index is -4.71. The summed E-state index contributed by atoms with van der Waals surface area (Å²) in [6.07, 6.45) is -8.49. The van der Waals surface area contributed by atoms with E-state index in [4.69, 9.17) is 9.26 Å². The number of nitrogens with one attached hydrogen (secondary N) is 1. The number of halogens is 6. The van der Waals surface area contributed by atoms with Crippen molar-refractivity contribution < 1.29 is 35.6 Å². The number of benzene rings is 2. The molecule has 4 rings (SSSR count). The zero-order valence-electron chi connectivity index (χ0n) is 19.2. The Morgan fingerprint density at radius 1 is 0.972 bits per heavy atom. The normalized spacial score (nSPS) is 13.3. The van der Waals surface area contributed by atoms with Gasteiger partial charge in [0.1, 0.15) is 5.75 Å². The number of aromatic nitrogens is 5. The Morgan fingerprint density at radius 2 is 1.67 bits per heavy atom. The third kappa shape index (κ3) is 5.00. The lowest BCUT2D eigenvalue weighted by Crippen LogP contribution is -2.15. The lowest BCUT2D eigenvalue weighted by Gasteiger charge is -2.22. The van der Waals surface area contributed by atoms with Gasteiger partial charge in [-0.2, -0.15) is 26.3 Å². The molecule has 0 amide bonds. The first-order valence-electron chi connectivity index (χ1n) is 11.1. The molecule has 0 aliphatic heterocycles. The Hall–Kier alpha value is -3.64. The van der Waals surface area contributed by atoms with Crippen molar-refractivity contribution in [2.24, 2.45) is 0 Å². The van der Waals surface area contributed by atoms with Gasteiger partial charge in [-0.25, -0.2) is 5.10 Å². The second-order valence-corrected chi connectivity index (χ2v) is 8.15. The van der Waals surface area contributed by atoms with E-state index in [2.05, 4.69) is 25.8 Å². The molecule has 0 fully saturated rings. The monoisotopic (exact) mass is 513 g/mol. The number of tetrazole rings is 1. The Kier molecular flexibility index (Phi) is 6.92. The lowest BCUT2D eigenvalue weighted by atomic mass is 9.97. The van der Waals surface area contributed by atoms with E-state index in [1.54, 1.807) is 0 Å². The van der Waals surface area contributed by atoms with Gasteiger partial charge in [0, 0.05) is 11.1 Å². The van der Waals surface area contributed by atoms with Crippen molar-refractivity contribution in [3.8, 4) is 5.75 Å². The summed E-state index contributed by atoms with van der Waals surface area (Å²) >= 11 is 0. The van der Waals surface area contributed by atoms with Crippen LogP contribution in [0.5, 0.6) is 5.75 Å². The number of aromatic amines is 1. The molecule has 7 nitrogen and oxygen atoms in total. The van der Waals surface area contributed by atoms with Gasteiger partial charge < -0.3 is 9.26 Å². The number of hydrogen-bond donors (Lipinski definition) is 1. The van der Waals surface area contributed by atoms with Gasteiger partial charge in [0.25, 0.3) is 0 Å². The van der Waals surface area contributed by atoms with Crippen LogP contribution in [-0.2, 0) is 25.2 Å². The lowest BCUT2D eigenvalue weighted by molar-refractivity contribution is -0.141. The smallest absolute Gasteiger partial charge is 0.437 e. The molecule has 0 saturated heterocycles. The summed E-state index contributed by atoms with van der Waals surface area (Å²) in [5, 5.41) is 16.6. The Bertz CT molecular complexity index is 1310. The number of nitrogens with zero attached hydrogens (tertiary/aromatic N) is 4. The van der Waals surface area contributed by atoms with Crippen LogP contribution < -0.4 is 4.74 Å². The average molecular weight is 513 g/mol. The van der Waals surface area contributed by atoms with E-state index < -0.39 is 29.7 Å². The summed E-state index contributed by atoms with van der Waals surface area (Å²) < 4.78 is 91.4. The van der Waals surface area contributed by atoms with E-state index in [9.17, 15) is 26.3 Å². The molecule has 0 saturated carbocycles. The highest BCUT2D eigenvalue weighted by atomic mass is 19.4. The molecular formula is C23H21F6N5O2. The summed E-state index contributed by atoms with van der Waals surface area (Å²) in [4.78, 5) is 0. The second kappa shape index (κ2) is 9.78. The van der Waals surface area contributed by atoms with Gasteiger partial charge >= 0.3 is 12.4 Å². The molecular weight excluding hydrogens is 492 g/mol. The molecule has 192 valence electrons. The minimum absolute atomic E-state index is 0.0547. The molecule has 0 aliphatic carbocycles. The molecule has 0 bridgehead atoms. The number of ether oxygens (including phenoxy) is 1. The van der Waals surface area contributed by atoms with Crippen molar-refractivity contribution in [2.45, 2.75) is 58.0 Å². The second-order valence-electron chi connectivity index (χ2n) is 8.15. The highest BCUT2D eigenvalue weighted by Gasteiger charge is 2.38. The van der Waals surface area contributed by atoms with Crippen LogP contribution in [-0.4, -0.2) is 25.8 Å². The van der Waals surface area contributed by atoms with Crippen LogP contribution in [0.15, 0.2) is 34.9 Å². The van der Waals surface area contributed by atoms with Crippen molar-refractivity contribution >= 4 is 11.0 Å². The highest BCUT2D eigenvalue weighted by molar-refractivity contribution is 5.86. The molecule has 36 heavy (non-hydrogen) atoms. The average Bonchev–Trinajstić information content (AvgIpc) is 3.48. The Balaban J connectivity index is 1.88. The highest BCUT2D eigenvalue weighted by Crippen LogP contribution is 2.42. The molecule has 1 unspecified atom stereocenters. The van der Waals surface area contributed by atoms with Crippen LogP contribution in [0.2, 0.25) is 0 Å². The van der Waals surface area contributed by atoms with Crippen LogP contribution in [0.4, 0.5) is 26.3 Å². The van der Waals surface area contributed by atoms with Crippen LogP contribution in [0.1, 0.15) is 66.6 Å². The van der Waals surface area contributed by atoms with Crippen molar-refractivity contribution in [2.75, 3.05) is 0 Å². The summed E-state index contributed by atoms with van der Waals surface area (Å²) in [5.74, 6) is 0.366. The van der Waals surface area contributed by atoms with E-state index in [0.717, 1.165) is 12.1 Å². The quantitative estimate of drug-likeness (QED) is 0.272. The van der Waals surface area contributed by atoms with Crippen molar-refractivity contribution in [3.05, 3.63) is 64.1 Å². The van der Waals surface area contributed by atoms with E-state index in [1.165, 1.54) is 18.2 Å². The minimum Gasteiger partial charge on any atom is -0.477 e. The SMILES string of the molecule is CCCc1cc2c(C(F)(F)F)noc2c(CCC)c1OC(c1ccc(C(F)(F)F)cc1)c1nnn[nH]1. The predicted octanol–water partition coefficient (Wildman–Crippen LogP) is 6.45. The van der Waals surface area contributed by atoms with Gasteiger partial charge in [0.15, 0.2) is 23.2 Å². The standard InChI is InChI=1S/C23H21F6N5O2/c1-3-5-13-11-16-19(36-32-20(16)23(27,28)29)15(6-4-2)17(13)35-18(21-30-33-34-31-21)12-7-9-14(10-8-12)22(24,25)26/h7-11,18H,3-6H2,1-2H3,(H,30,31,33,34). The van der Waals surface area contributed by atoms with Gasteiger partial charge in [-0.15, -0.1) is 5.10 Å². The summed E-state index contributed by atoms with van der Waals surface area (Å²) in [7, 11) is 0. The van der Waals surface area contributed by atoms with E-state index in [-0.39, 0.29) is 22.5 Å². The number of fused-ring (bicyclic) bond motifs is 1. The molecule has 2 heterocycles. The molecule has 2 aromatic carbocycles. The summed E-state index contributed by atoms with van der Waals surface area (Å²) in [6, 6.07) is 5.64. The van der Waals surface area contributed by atoms with Gasteiger partial charge in [0.05, 0.1) is 10.9 Å². The van der Waals surface area contributed by atoms with Crippen molar-refractivity contribution in [3.63, 3.8) is 0 Å². The Labute approximate surface area is 200 Å². The van der Waals surface area contributed by atoms with Crippen molar-refractivity contribution in [1.29, 1.82) is 0 Å². The summed E-state index contributed by atoms with van der Waals surface area (Å²) in [5.41, 5.74) is -0.863. The molecule has 13 heteroatoms. The van der Waals surface area contributed by atoms with Gasteiger partial charge in [-0.1, -0.05) is 44.0 Å². The van der Waals surface area contributed by atoms with Gasteiger partial charge in [-0.3, -0.25) is 0 Å². The first-order chi connectivity index (χ1) is 17.0. The number of alkyl halides is 6.